The van der Waals surface area contributed by atoms with Crippen molar-refractivity contribution in [2.45, 2.75) is 46.3 Å². The van der Waals surface area contributed by atoms with E-state index in [1.54, 1.807) is 0 Å². The Labute approximate surface area is 115 Å². The molecule has 0 spiro atoms. The third-order valence-corrected chi connectivity index (χ3v) is 3.63. The van der Waals surface area contributed by atoms with E-state index in [2.05, 4.69) is 24.3 Å². The molecule has 0 aromatic carbocycles. The maximum atomic E-state index is 6.29. The van der Waals surface area contributed by atoms with Gasteiger partial charge in [-0.15, -0.1) is 0 Å². The van der Waals surface area contributed by atoms with Gasteiger partial charge >= 0.3 is 0 Å². The Morgan fingerprint density at radius 3 is 2.56 bits per heavy atom. The summed E-state index contributed by atoms with van der Waals surface area (Å²) < 4.78 is 7.54. The second kappa shape index (κ2) is 7.12. The lowest BCUT2D eigenvalue weighted by molar-refractivity contribution is 0.0476. The monoisotopic (exact) mass is 273 g/mol. The second-order valence-corrected chi connectivity index (χ2v) is 4.88. The van der Waals surface area contributed by atoms with Crippen molar-refractivity contribution in [3.05, 3.63) is 16.4 Å². The van der Waals surface area contributed by atoms with Crippen LogP contribution in [-0.2, 0) is 18.2 Å². The summed E-state index contributed by atoms with van der Waals surface area (Å²) in [6.07, 6.45) is 0.978. The number of aryl methyl sites for hydroxylation is 2. The van der Waals surface area contributed by atoms with Gasteiger partial charge in [0.15, 0.2) is 0 Å². The number of rotatable bonds is 7. The first kappa shape index (κ1) is 15.5. The normalized spacial score (nSPS) is 14.8. The third-order valence-electron chi connectivity index (χ3n) is 3.14. The van der Waals surface area contributed by atoms with Gasteiger partial charge in [-0.2, -0.15) is 5.10 Å². The molecule has 4 nitrogen and oxygen atoms in total. The molecule has 0 saturated carbocycles. The molecule has 18 heavy (non-hydrogen) atoms. The van der Waals surface area contributed by atoms with Crippen LogP contribution in [0, 0.1) is 6.92 Å². The molecule has 1 aromatic rings. The highest BCUT2D eigenvalue weighted by Gasteiger charge is 2.21. The Hall–Kier alpha value is -0.580. The van der Waals surface area contributed by atoms with E-state index >= 15 is 0 Å². The van der Waals surface area contributed by atoms with Crippen LogP contribution in [0.1, 0.15) is 32.2 Å². The van der Waals surface area contributed by atoms with Gasteiger partial charge in [0.2, 0.25) is 0 Å². The fourth-order valence-corrected chi connectivity index (χ4v) is 2.39. The molecule has 0 aliphatic carbocycles. The number of halogens is 1. The molecule has 2 unspecified atom stereocenters. The topological polar surface area (TPSA) is 39.1 Å². The van der Waals surface area contributed by atoms with Crippen LogP contribution in [0.15, 0.2) is 0 Å². The number of nitrogens with one attached hydrogen (secondary N) is 1. The van der Waals surface area contributed by atoms with Crippen molar-refractivity contribution in [1.29, 1.82) is 0 Å². The highest BCUT2D eigenvalue weighted by atomic mass is 35.5. The van der Waals surface area contributed by atoms with E-state index in [-0.39, 0.29) is 12.1 Å². The Kier molecular flexibility index (Phi) is 6.12. The average molecular weight is 274 g/mol. The van der Waals surface area contributed by atoms with E-state index < -0.39 is 0 Å². The number of nitrogens with zero attached hydrogens (tertiary/aromatic N) is 2. The van der Waals surface area contributed by atoms with E-state index in [1.807, 2.05) is 25.6 Å². The van der Waals surface area contributed by atoms with Gasteiger partial charge < -0.3 is 10.1 Å². The summed E-state index contributed by atoms with van der Waals surface area (Å²) in [5.74, 6) is 0. The second-order valence-electron chi connectivity index (χ2n) is 4.50. The van der Waals surface area contributed by atoms with Gasteiger partial charge in [-0.3, -0.25) is 4.68 Å². The molecule has 0 aliphatic heterocycles. The molecule has 104 valence electrons. The minimum Gasteiger partial charge on any atom is -0.377 e. The Morgan fingerprint density at radius 2 is 2.11 bits per heavy atom. The average Bonchev–Trinajstić information content (AvgIpc) is 2.55. The van der Waals surface area contributed by atoms with E-state index in [0.29, 0.717) is 0 Å². The van der Waals surface area contributed by atoms with Gasteiger partial charge in [0, 0.05) is 26.1 Å². The number of aromatic nitrogens is 2. The van der Waals surface area contributed by atoms with Crippen molar-refractivity contribution in [1.82, 2.24) is 15.1 Å². The van der Waals surface area contributed by atoms with Crippen LogP contribution < -0.4 is 5.32 Å². The molecule has 1 heterocycles. The number of likely N-dealkylation sites (N-methyl/N-ethyl adjacent to an activating group) is 1. The molecular formula is C13H24ClN3O. The lowest BCUT2D eigenvalue weighted by Crippen LogP contribution is -2.41. The highest BCUT2D eigenvalue weighted by molar-refractivity contribution is 6.31. The van der Waals surface area contributed by atoms with Crippen molar-refractivity contribution in [3.8, 4) is 0 Å². The van der Waals surface area contributed by atoms with Crippen molar-refractivity contribution in [3.63, 3.8) is 0 Å². The van der Waals surface area contributed by atoms with Crippen LogP contribution in [0.5, 0.6) is 0 Å². The van der Waals surface area contributed by atoms with Gasteiger partial charge in [0.1, 0.15) is 0 Å². The summed E-state index contributed by atoms with van der Waals surface area (Å²) in [6.45, 7) is 9.77. The van der Waals surface area contributed by atoms with Crippen molar-refractivity contribution >= 4 is 11.6 Å². The van der Waals surface area contributed by atoms with Crippen LogP contribution in [-0.4, -0.2) is 35.1 Å². The van der Waals surface area contributed by atoms with Gasteiger partial charge in [-0.1, -0.05) is 18.5 Å². The minimum atomic E-state index is 0.154. The molecule has 1 rings (SSSR count). The third kappa shape index (κ3) is 3.70. The van der Waals surface area contributed by atoms with Crippen LogP contribution in [0.4, 0.5) is 0 Å². The molecular weight excluding hydrogens is 250 g/mol. The van der Waals surface area contributed by atoms with E-state index in [9.17, 15) is 0 Å². The molecule has 1 N–H and O–H groups in total. The molecule has 0 amide bonds. The van der Waals surface area contributed by atoms with Crippen LogP contribution in [0.25, 0.3) is 0 Å². The largest absolute Gasteiger partial charge is 0.377 e. The number of ether oxygens (including phenoxy) is 1. The smallest absolute Gasteiger partial charge is 0.0847 e. The Morgan fingerprint density at radius 1 is 1.44 bits per heavy atom. The van der Waals surface area contributed by atoms with Gasteiger partial charge in [0.05, 0.1) is 22.5 Å². The summed E-state index contributed by atoms with van der Waals surface area (Å²) in [7, 11) is 1.93. The summed E-state index contributed by atoms with van der Waals surface area (Å²) in [6, 6.07) is 0.252. The quantitative estimate of drug-likeness (QED) is 0.829. The summed E-state index contributed by atoms with van der Waals surface area (Å²) in [5.41, 5.74) is 1.94. The molecule has 0 saturated heterocycles. The molecule has 5 heteroatoms. The number of hydrogen-bond acceptors (Lipinski definition) is 3. The fraction of sp³-hybridized carbons (Fsp3) is 0.769. The summed E-state index contributed by atoms with van der Waals surface area (Å²) in [5, 5.41) is 8.57. The molecule has 0 radical (unpaired) electrons. The summed E-state index contributed by atoms with van der Waals surface area (Å²) >= 11 is 6.29. The molecule has 2 atom stereocenters. The van der Waals surface area contributed by atoms with E-state index in [0.717, 1.165) is 36.0 Å². The van der Waals surface area contributed by atoms with Gasteiger partial charge in [-0.05, 0) is 27.3 Å². The first-order valence-electron chi connectivity index (χ1n) is 6.54. The first-order valence-corrected chi connectivity index (χ1v) is 6.91. The SMILES string of the molecule is CCNC(Cc1c(Cl)c(C)nn1C)C(C)OCC. The lowest BCUT2D eigenvalue weighted by Gasteiger charge is -2.24. The van der Waals surface area contributed by atoms with E-state index in [1.165, 1.54) is 0 Å². The van der Waals surface area contributed by atoms with Gasteiger partial charge in [-0.25, -0.2) is 0 Å². The molecule has 0 bridgehead atoms. The zero-order chi connectivity index (χ0) is 13.7. The van der Waals surface area contributed by atoms with Crippen molar-refractivity contribution in [2.24, 2.45) is 7.05 Å². The van der Waals surface area contributed by atoms with E-state index in [4.69, 9.17) is 16.3 Å². The predicted molar refractivity (Wildman–Crippen MR) is 75.2 cm³/mol. The molecule has 0 aliphatic rings. The van der Waals surface area contributed by atoms with Gasteiger partial charge in [0.25, 0.3) is 0 Å². The maximum Gasteiger partial charge on any atom is 0.0847 e. The van der Waals surface area contributed by atoms with Crippen LogP contribution >= 0.6 is 11.6 Å². The minimum absolute atomic E-state index is 0.154. The highest BCUT2D eigenvalue weighted by Crippen LogP contribution is 2.21. The molecule has 0 fully saturated rings. The standard InChI is InChI=1S/C13H24ClN3O/c1-6-15-11(10(4)18-7-2)8-12-13(14)9(3)16-17(12)5/h10-11,15H,6-8H2,1-5H3. The predicted octanol–water partition coefficient (Wildman–Crippen LogP) is 2.33. The Bertz CT molecular complexity index is 379. The van der Waals surface area contributed by atoms with Crippen molar-refractivity contribution in [2.75, 3.05) is 13.2 Å². The number of hydrogen-bond donors (Lipinski definition) is 1. The zero-order valence-electron chi connectivity index (χ0n) is 12.0. The first-order chi connectivity index (χ1) is 8.51. The van der Waals surface area contributed by atoms with Crippen LogP contribution in [0.2, 0.25) is 5.02 Å². The maximum absolute atomic E-state index is 6.29. The Balaban J connectivity index is 2.82. The fourth-order valence-electron chi connectivity index (χ4n) is 2.16. The lowest BCUT2D eigenvalue weighted by atomic mass is 10.1. The summed E-state index contributed by atoms with van der Waals surface area (Å²) in [4.78, 5) is 0. The van der Waals surface area contributed by atoms with Crippen molar-refractivity contribution < 1.29 is 4.74 Å². The zero-order valence-corrected chi connectivity index (χ0v) is 12.7. The molecule has 1 aromatic heterocycles. The van der Waals surface area contributed by atoms with Crippen LogP contribution in [0.3, 0.4) is 0 Å².